The van der Waals surface area contributed by atoms with Crippen molar-refractivity contribution in [3.63, 3.8) is 0 Å². The molecule has 0 bridgehead atoms. The Hall–Kier alpha value is -1.57. The number of ketones is 1. The van der Waals surface area contributed by atoms with Crippen molar-refractivity contribution in [3.05, 3.63) is 35.5 Å². The fraction of sp³-hybridized carbons (Fsp3) is 0.250. The quantitative estimate of drug-likeness (QED) is 0.720. The average molecular weight is 187 g/mol. The monoisotopic (exact) mass is 187 g/mol. The van der Waals surface area contributed by atoms with Gasteiger partial charge in [-0.1, -0.05) is 18.6 Å². The van der Waals surface area contributed by atoms with Crippen molar-refractivity contribution in [2.24, 2.45) is 0 Å². The number of aryl methyl sites for hydroxylation is 1. The molecule has 2 nitrogen and oxygen atoms in total. The molecule has 0 amide bonds. The molecule has 0 atom stereocenters. The normalized spacial score (nSPS) is 10.7. The minimum atomic E-state index is 0.166. The average Bonchev–Trinajstić information content (AvgIpc) is 2.59. The number of benzene rings is 1. The molecule has 2 heteroatoms. The van der Waals surface area contributed by atoms with E-state index in [9.17, 15) is 4.79 Å². The summed E-state index contributed by atoms with van der Waals surface area (Å²) < 4.78 is 0. The van der Waals surface area contributed by atoms with Crippen molar-refractivity contribution in [2.45, 2.75) is 20.3 Å². The third-order valence-electron chi connectivity index (χ3n) is 2.40. The molecule has 0 saturated heterocycles. The summed E-state index contributed by atoms with van der Waals surface area (Å²) in [5.74, 6) is 0.166. The molecule has 0 spiro atoms. The van der Waals surface area contributed by atoms with E-state index in [0.717, 1.165) is 10.9 Å². The van der Waals surface area contributed by atoms with Crippen LogP contribution in [0.5, 0.6) is 0 Å². The molecule has 0 saturated carbocycles. The van der Waals surface area contributed by atoms with Crippen LogP contribution in [0.3, 0.4) is 0 Å². The standard InChI is InChI=1S/C12H13NO/c1-3-12(14)11-7-9-6-8(2)4-5-10(9)13-11/h4-7,13H,3H2,1-2H3. The molecule has 14 heavy (non-hydrogen) atoms. The highest BCUT2D eigenvalue weighted by atomic mass is 16.1. The Morgan fingerprint density at radius 1 is 1.36 bits per heavy atom. The van der Waals surface area contributed by atoms with Crippen LogP contribution in [0.4, 0.5) is 0 Å². The van der Waals surface area contributed by atoms with Crippen LogP contribution in [0.15, 0.2) is 24.3 Å². The number of aromatic amines is 1. The fourth-order valence-electron chi connectivity index (χ4n) is 1.59. The van der Waals surface area contributed by atoms with Crippen molar-refractivity contribution in [1.29, 1.82) is 0 Å². The molecule has 0 aliphatic carbocycles. The van der Waals surface area contributed by atoms with Crippen LogP contribution >= 0.6 is 0 Å². The molecule has 72 valence electrons. The molecule has 0 aliphatic rings. The first-order valence-corrected chi connectivity index (χ1v) is 4.83. The number of carbonyl (C=O) groups is 1. The third-order valence-corrected chi connectivity index (χ3v) is 2.40. The highest BCUT2D eigenvalue weighted by Crippen LogP contribution is 2.17. The number of carbonyl (C=O) groups excluding carboxylic acids is 1. The van der Waals surface area contributed by atoms with E-state index in [0.29, 0.717) is 12.1 Å². The lowest BCUT2D eigenvalue weighted by Crippen LogP contribution is -1.95. The van der Waals surface area contributed by atoms with E-state index in [4.69, 9.17) is 0 Å². The second kappa shape index (κ2) is 3.29. The van der Waals surface area contributed by atoms with Gasteiger partial charge in [0.05, 0.1) is 5.69 Å². The molecule has 0 unspecified atom stereocenters. The van der Waals surface area contributed by atoms with Gasteiger partial charge in [0.25, 0.3) is 0 Å². The van der Waals surface area contributed by atoms with Gasteiger partial charge in [0.15, 0.2) is 5.78 Å². The molecule has 0 radical (unpaired) electrons. The summed E-state index contributed by atoms with van der Waals surface area (Å²) in [4.78, 5) is 14.6. The first kappa shape index (κ1) is 9.00. The van der Waals surface area contributed by atoms with Crippen molar-refractivity contribution >= 4 is 16.7 Å². The molecule has 1 aromatic carbocycles. The number of hydrogen-bond donors (Lipinski definition) is 1. The fourth-order valence-corrected chi connectivity index (χ4v) is 1.59. The number of fused-ring (bicyclic) bond motifs is 1. The zero-order chi connectivity index (χ0) is 10.1. The third kappa shape index (κ3) is 1.43. The van der Waals surface area contributed by atoms with Crippen LogP contribution in [-0.2, 0) is 0 Å². The number of Topliss-reactive ketones (excluding diaryl/α,β-unsaturated/α-hetero) is 1. The zero-order valence-corrected chi connectivity index (χ0v) is 8.42. The van der Waals surface area contributed by atoms with Gasteiger partial charge >= 0.3 is 0 Å². The second-order valence-electron chi connectivity index (χ2n) is 3.55. The van der Waals surface area contributed by atoms with Gasteiger partial charge in [-0.3, -0.25) is 4.79 Å². The summed E-state index contributed by atoms with van der Waals surface area (Å²) in [5, 5.41) is 1.11. The SMILES string of the molecule is CCC(=O)c1cc2cc(C)ccc2[nH]1. The summed E-state index contributed by atoms with van der Waals surface area (Å²) >= 11 is 0. The Labute approximate surface area is 82.9 Å². The number of H-pyrrole nitrogens is 1. The van der Waals surface area contributed by atoms with Gasteiger partial charge in [-0.05, 0) is 25.1 Å². The van der Waals surface area contributed by atoms with Crippen molar-refractivity contribution in [1.82, 2.24) is 4.98 Å². The number of rotatable bonds is 2. The van der Waals surface area contributed by atoms with Crippen LogP contribution in [0.1, 0.15) is 29.4 Å². The van der Waals surface area contributed by atoms with Crippen LogP contribution in [0, 0.1) is 6.92 Å². The minimum Gasteiger partial charge on any atom is -0.352 e. The van der Waals surface area contributed by atoms with Gasteiger partial charge < -0.3 is 4.98 Å². The van der Waals surface area contributed by atoms with Gasteiger partial charge in [0, 0.05) is 17.3 Å². The zero-order valence-electron chi connectivity index (χ0n) is 8.42. The smallest absolute Gasteiger partial charge is 0.178 e. The lowest BCUT2D eigenvalue weighted by atomic mass is 10.1. The molecule has 0 aliphatic heterocycles. The minimum absolute atomic E-state index is 0.166. The Morgan fingerprint density at radius 3 is 2.86 bits per heavy atom. The van der Waals surface area contributed by atoms with E-state index in [1.807, 2.05) is 32.0 Å². The highest BCUT2D eigenvalue weighted by molar-refractivity contribution is 5.99. The van der Waals surface area contributed by atoms with Crippen molar-refractivity contribution < 1.29 is 4.79 Å². The van der Waals surface area contributed by atoms with Crippen molar-refractivity contribution in [3.8, 4) is 0 Å². The molecule has 2 aromatic rings. The summed E-state index contributed by atoms with van der Waals surface area (Å²) in [6, 6.07) is 8.06. The van der Waals surface area contributed by atoms with Gasteiger partial charge in [-0.25, -0.2) is 0 Å². The molecular formula is C12H13NO. The maximum absolute atomic E-state index is 11.4. The highest BCUT2D eigenvalue weighted by Gasteiger charge is 2.06. The summed E-state index contributed by atoms with van der Waals surface area (Å²) in [6.45, 7) is 3.92. The largest absolute Gasteiger partial charge is 0.352 e. The Morgan fingerprint density at radius 2 is 2.14 bits per heavy atom. The number of hydrogen-bond acceptors (Lipinski definition) is 1. The van der Waals surface area contributed by atoms with Crippen LogP contribution in [-0.4, -0.2) is 10.8 Å². The first-order valence-electron chi connectivity index (χ1n) is 4.83. The van der Waals surface area contributed by atoms with Gasteiger partial charge in [0.1, 0.15) is 0 Å². The Balaban J connectivity index is 2.56. The van der Waals surface area contributed by atoms with Gasteiger partial charge in [-0.15, -0.1) is 0 Å². The Kier molecular flexibility index (Phi) is 2.12. The lowest BCUT2D eigenvalue weighted by molar-refractivity contribution is 0.0984. The summed E-state index contributed by atoms with van der Waals surface area (Å²) in [6.07, 6.45) is 0.547. The van der Waals surface area contributed by atoms with E-state index in [1.54, 1.807) is 0 Å². The van der Waals surface area contributed by atoms with Gasteiger partial charge in [0.2, 0.25) is 0 Å². The first-order chi connectivity index (χ1) is 6.70. The molecule has 1 N–H and O–H groups in total. The molecule has 2 rings (SSSR count). The summed E-state index contributed by atoms with van der Waals surface area (Å²) in [5.41, 5.74) is 2.97. The maximum Gasteiger partial charge on any atom is 0.178 e. The predicted octanol–water partition coefficient (Wildman–Crippen LogP) is 3.07. The molecule has 1 heterocycles. The molecule has 1 aromatic heterocycles. The predicted molar refractivity (Wildman–Crippen MR) is 57.7 cm³/mol. The van der Waals surface area contributed by atoms with Crippen molar-refractivity contribution in [2.75, 3.05) is 0 Å². The number of nitrogens with one attached hydrogen (secondary N) is 1. The number of aromatic nitrogens is 1. The molecule has 0 fully saturated rings. The van der Waals surface area contributed by atoms with E-state index in [1.165, 1.54) is 5.56 Å². The van der Waals surface area contributed by atoms with Crippen LogP contribution < -0.4 is 0 Å². The topological polar surface area (TPSA) is 32.9 Å². The summed E-state index contributed by atoms with van der Waals surface area (Å²) in [7, 11) is 0. The van der Waals surface area contributed by atoms with Crippen LogP contribution in [0.2, 0.25) is 0 Å². The van der Waals surface area contributed by atoms with Gasteiger partial charge in [-0.2, -0.15) is 0 Å². The van der Waals surface area contributed by atoms with E-state index < -0.39 is 0 Å². The van der Waals surface area contributed by atoms with E-state index >= 15 is 0 Å². The maximum atomic E-state index is 11.4. The lowest BCUT2D eigenvalue weighted by Gasteiger charge is -1.90. The van der Waals surface area contributed by atoms with Crippen LogP contribution in [0.25, 0.3) is 10.9 Å². The van der Waals surface area contributed by atoms with E-state index in [-0.39, 0.29) is 5.78 Å². The van der Waals surface area contributed by atoms with E-state index in [2.05, 4.69) is 11.1 Å². The second-order valence-corrected chi connectivity index (χ2v) is 3.55. The Bertz CT molecular complexity index is 482. The molecular weight excluding hydrogens is 174 g/mol.